The molecule has 10 nitrogen and oxygen atoms in total. The fraction of sp³-hybridized carbons (Fsp3) is 0.226. The molecule has 0 saturated carbocycles. The number of aromatic hydroxyl groups is 2. The Balaban J connectivity index is 0.958. The van der Waals surface area contributed by atoms with E-state index in [0.717, 1.165) is 27.0 Å². The summed E-state index contributed by atoms with van der Waals surface area (Å²) >= 11 is 0. The van der Waals surface area contributed by atoms with Crippen molar-refractivity contribution in [2.45, 2.75) is 6.42 Å². The summed E-state index contributed by atoms with van der Waals surface area (Å²) in [5.41, 5.74) is 1.11. The number of nitrogens with one attached hydrogen (secondary N) is 2. The van der Waals surface area contributed by atoms with Crippen LogP contribution < -0.4 is 10.6 Å². The number of nitrogens with zero attached hydrogens (tertiary/aromatic N) is 2. The van der Waals surface area contributed by atoms with Gasteiger partial charge in [0.2, 0.25) is 0 Å². The highest BCUT2D eigenvalue weighted by molar-refractivity contribution is 6.27. The lowest BCUT2D eigenvalue weighted by Crippen LogP contribution is -2.44. The first-order chi connectivity index (χ1) is 19.9. The topological polar surface area (TPSA) is 139 Å². The Morgan fingerprint density at radius 1 is 0.537 bits per heavy atom. The van der Waals surface area contributed by atoms with Gasteiger partial charge in [-0.15, -0.1) is 0 Å². The quantitative estimate of drug-likeness (QED) is 0.174. The molecule has 2 aliphatic rings. The number of hydrogen-bond acceptors (Lipinski definition) is 8. The predicted octanol–water partition coefficient (Wildman–Crippen LogP) is 2.87. The van der Waals surface area contributed by atoms with Gasteiger partial charge >= 0.3 is 0 Å². The van der Waals surface area contributed by atoms with Crippen molar-refractivity contribution >= 4 is 45.2 Å². The van der Waals surface area contributed by atoms with E-state index >= 15 is 0 Å². The van der Waals surface area contributed by atoms with E-state index in [1.807, 2.05) is 0 Å². The van der Waals surface area contributed by atoms with E-state index in [4.69, 9.17) is 0 Å². The van der Waals surface area contributed by atoms with Gasteiger partial charge < -0.3 is 20.8 Å². The predicted molar refractivity (Wildman–Crippen MR) is 152 cm³/mol. The van der Waals surface area contributed by atoms with Crippen LogP contribution in [0.15, 0.2) is 60.7 Å². The fourth-order valence-corrected chi connectivity index (χ4v) is 5.65. The van der Waals surface area contributed by atoms with Gasteiger partial charge in [-0.3, -0.25) is 29.0 Å². The molecule has 4 aromatic carbocycles. The Hall–Kier alpha value is -4.80. The van der Waals surface area contributed by atoms with Crippen LogP contribution in [0.3, 0.4) is 0 Å². The monoisotopic (exact) mass is 552 g/mol. The summed E-state index contributed by atoms with van der Waals surface area (Å²) in [7, 11) is 0. The molecule has 41 heavy (non-hydrogen) atoms. The summed E-state index contributed by atoms with van der Waals surface area (Å²) in [6.45, 7) is 2.34. The van der Waals surface area contributed by atoms with Gasteiger partial charge in [0.05, 0.1) is 11.1 Å². The third-order valence-electron chi connectivity index (χ3n) is 7.65. The van der Waals surface area contributed by atoms with Gasteiger partial charge in [-0.2, -0.15) is 0 Å². The minimum Gasteiger partial charge on any atom is -0.507 e. The van der Waals surface area contributed by atoms with E-state index in [1.165, 1.54) is 12.1 Å². The van der Waals surface area contributed by atoms with Crippen LogP contribution in [0.2, 0.25) is 0 Å². The van der Waals surface area contributed by atoms with Crippen molar-refractivity contribution < 1.29 is 29.4 Å². The molecule has 208 valence electrons. The molecule has 0 spiro atoms. The second-order valence-corrected chi connectivity index (χ2v) is 10.1. The number of benzene rings is 4. The van der Waals surface area contributed by atoms with E-state index in [2.05, 4.69) is 10.6 Å². The van der Waals surface area contributed by atoms with Crippen molar-refractivity contribution in [1.82, 2.24) is 20.4 Å². The largest absolute Gasteiger partial charge is 0.507 e. The Kier molecular flexibility index (Phi) is 6.86. The lowest BCUT2D eigenvalue weighted by atomic mass is 9.93. The zero-order chi connectivity index (χ0) is 28.7. The molecular formula is C31H28N4O6. The maximum absolute atomic E-state index is 13.0. The highest BCUT2D eigenvalue weighted by Gasteiger charge is 2.35. The van der Waals surface area contributed by atoms with Gasteiger partial charge in [0.15, 0.2) is 0 Å². The van der Waals surface area contributed by atoms with Crippen molar-refractivity contribution in [2.75, 3.05) is 39.3 Å². The molecule has 6 rings (SSSR count). The van der Waals surface area contributed by atoms with Gasteiger partial charge in [0, 0.05) is 48.1 Å². The van der Waals surface area contributed by atoms with Crippen molar-refractivity contribution in [3.8, 4) is 11.5 Å². The second-order valence-electron chi connectivity index (χ2n) is 10.1. The molecule has 4 amide bonds. The Labute approximate surface area is 235 Å². The summed E-state index contributed by atoms with van der Waals surface area (Å²) in [5, 5.41) is 29.5. The molecule has 0 radical (unpaired) electrons. The first kappa shape index (κ1) is 26.4. The third-order valence-corrected chi connectivity index (χ3v) is 7.65. The molecule has 4 N–H and O–H groups in total. The van der Waals surface area contributed by atoms with Crippen LogP contribution in [0.1, 0.15) is 47.9 Å². The van der Waals surface area contributed by atoms with Gasteiger partial charge in [-0.25, -0.2) is 0 Å². The number of carbonyl (C=O) groups is 4. The number of hydrogen-bond donors (Lipinski definition) is 4. The Morgan fingerprint density at radius 3 is 1.41 bits per heavy atom. The normalized spacial score (nSPS) is 14.5. The average Bonchev–Trinajstić information content (AvgIpc) is 2.97. The van der Waals surface area contributed by atoms with Crippen molar-refractivity contribution in [3.63, 3.8) is 0 Å². The maximum atomic E-state index is 13.0. The summed E-state index contributed by atoms with van der Waals surface area (Å²) in [5.74, 6) is -2.05. The van der Waals surface area contributed by atoms with Gasteiger partial charge in [-0.1, -0.05) is 36.4 Å². The van der Waals surface area contributed by atoms with Crippen molar-refractivity contribution in [1.29, 1.82) is 0 Å². The fourth-order valence-electron chi connectivity index (χ4n) is 5.65. The number of imide groups is 2. The lowest BCUT2D eigenvalue weighted by Gasteiger charge is -2.28. The maximum Gasteiger partial charge on any atom is 0.265 e. The second kappa shape index (κ2) is 10.6. The standard InChI is InChI=1S/C31H28N4O6/c36-22-10-8-18-4-1-6-20-24(18)26(22)30(40)34(28(20)38)16-14-32-12-3-13-33-15-17-35-29(39)21-7-2-5-19-9-11-23(37)27(25(19)21)31(35)41/h1-2,4-11,32-33,36-37H,3,12-17H2. The molecule has 0 saturated heterocycles. The molecule has 2 heterocycles. The zero-order valence-corrected chi connectivity index (χ0v) is 22.1. The minimum atomic E-state index is -0.505. The van der Waals surface area contributed by atoms with Gasteiger partial charge in [-0.05, 0) is 54.5 Å². The zero-order valence-electron chi connectivity index (χ0n) is 22.1. The number of rotatable bonds is 10. The van der Waals surface area contributed by atoms with Crippen LogP contribution >= 0.6 is 0 Å². The highest BCUT2D eigenvalue weighted by Crippen LogP contribution is 2.36. The van der Waals surface area contributed by atoms with E-state index in [1.54, 1.807) is 48.5 Å². The molecule has 0 aliphatic carbocycles. The molecule has 0 atom stereocenters. The summed E-state index contributed by atoms with van der Waals surface area (Å²) in [4.78, 5) is 54.4. The van der Waals surface area contributed by atoms with Crippen LogP contribution in [0.25, 0.3) is 21.5 Å². The summed E-state index contributed by atoms with van der Waals surface area (Å²) in [6, 6.07) is 16.8. The van der Waals surface area contributed by atoms with E-state index in [0.29, 0.717) is 48.1 Å². The molecule has 4 aromatic rings. The molecule has 2 aliphatic heterocycles. The molecular weight excluding hydrogens is 524 g/mol. The summed E-state index contributed by atoms with van der Waals surface area (Å²) < 4.78 is 0. The SMILES string of the molecule is O=C1c2cccc3ccc(O)c(c23)C(=O)N1CCNCCCNCCN1C(=O)c2cccc3ccc(O)c(c23)C1=O. The Bertz CT molecular complexity index is 1620. The number of carbonyl (C=O) groups excluding carboxylic acids is 4. The minimum absolute atomic E-state index is 0.141. The highest BCUT2D eigenvalue weighted by atomic mass is 16.3. The lowest BCUT2D eigenvalue weighted by molar-refractivity contribution is 0.0595. The molecule has 0 bridgehead atoms. The number of phenols is 2. The van der Waals surface area contributed by atoms with Gasteiger partial charge in [0.25, 0.3) is 23.6 Å². The van der Waals surface area contributed by atoms with E-state index < -0.39 is 11.8 Å². The first-order valence-electron chi connectivity index (χ1n) is 13.5. The number of amides is 4. The average molecular weight is 553 g/mol. The molecule has 10 heteroatoms. The molecule has 0 aromatic heterocycles. The smallest absolute Gasteiger partial charge is 0.265 e. The number of phenolic OH excluding ortho intramolecular Hbond substituents is 2. The summed E-state index contributed by atoms with van der Waals surface area (Å²) in [6.07, 6.45) is 0.732. The Morgan fingerprint density at radius 2 is 0.976 bits per heavy atom. The van der Waals surface area contributed by atoms with E-state index in [9.17, 15) is 29.4 Å². The van der Waals surface area contributed by atoms with Crippen LogP contribution in [-0.4, -0.2) is 82.9 Å². The van der Waals surface area contributed by atoms with Crippen molar-refractivity contribution in [3.05, 3.63) is 82.9 Å². The molecule has 0 fully saturated rings. The van der Waals surface area contributed by atoms with Crippen LogP contribution in [0.5, 0.6) is 11.5 Å². The first-order valence-corrected chi connectivity index (χ1v) is 13.5. The van der Waals surface area contributed by atoms with Crippen LogP contribution in [0, 0.1) is 0 Å². The van der Waals surface area contributed by atoms with Crippen molar-refractivity contribution in [2.24, 2.45) is 0 Å². The third kappa shape index (κ3) is 4.47. The molecule has 0 unspecified atom stereocenters. The van der Waals surface area contributed by atoms with Crippen LogP contribution in [0.4, 0.5) is 0 Å². The van der Waals surface area contributed by atoms with Crippen LogP contribution in [-0.2, 0) is 0 Å². The van der Waals surface area contributed by atoms with Gasteiger partial charge in [0.1, 0.15) is 11.5 Å². The van der Waals surface area contributed by atoms with E-state index in [-0.39, 0.29) is 47.5 Å².